The topological polar surface area (TPSA) is 152 Å². The third kappa shape index (κ3) is 8.33. The van der Waals surface area contributed by atoms with Crippen LogP contribution in [0.3, 0.4) is 0 Å². The van der Waals surface area contributed by atoms with Gasteiger partial charge in [0.1, 0.15) is 5.69 Å². The summed E-state index contributed by atoms with van der Waals surface area (Å²) in [4.78, 5) is 38.4. The highest BCUT2D eigenvalue weighted by Crippen LogP contribution is 2.27. The Morgan fingerprint density at radius 2 is 1.74 bits per heavy atom. The number of carbonyl (C=O) groups is 2. The predicted octanol–water partition coefficient (Wildman–Crippen LogP) is 5.83. The molecule has 0 atom stereocenters. The van der Waals surface area contributed by atoms with Crippen LogP contribution in [-0.4, -0.2) is 103 Å². The van der Waals surface area contributed by atoms with E-state index in [1.54, 1.807) is 17.4 Å². The SMILES string of the molecule is Cc1ccc(-c2cn(C3CCN(Cc4cc(C(=O)N5CCN(CCCc6nc(-c7cccs7)no6)CC5)no4)CC3)nn2)cc1C(=O)Nc1ccccc1. The maximum atomic E-state index is 13.3. The van der Waals surface area contributed by atoms with Crippen molar-refractivity contribution in [3.05, 3.63) is 107 Å². The van der Waals surface area contributed by atoms with Crippen LogP contribution in [0.15, 0.2) is 87.4 Å². The zero-order valence-corrected chi connectivity index (χ0v) is 31.0. The molecule has 2 aromatic carbocycles. The third-order valence-corrected chi connectivity index (χ3v) is 11.0. The number of piperidine rings is 1. The Morgan fingerprint density at radius 1 is 0.907 bits per heavy atom. The molecular weight excluding hydrogens is 705 g/mol. The van der Waals surface area contributed by atoms with E-state index in [1.165, 1.54) is 0 Å². The summed E-state index contributed by atoms with van der Waals surface area (Å²) < 4.78 is 13.0. The minimum Gasteiger partial charge on any atom is -0.359 e. The van der Waals surface area contributed by atoms with Crippen molar-refractivity contribution < 1.29 is 18.6 Å². The average Bonchev–Trinajstić information content (AvgIpc) is 4.04. The van der Waals surface area contributed by atoms with Gasteiger partial charge < -0.3 is 19.3 Å². The summed E-state index contributed by atoms with van der Waals surface area (Å²) in [6.07, 6.45) is 5.41. The molecular formula is C39H42N10O4S. The molecule has 0 aliphatic carbocycles. The van der Waals surface area contributed by atoms with Crippen LogP contribution in [-0.2, 0) is 13.0 Å². The van der Waals surface area contributed by atoms with Gasteiger partial charge in [-0.25, -0.2) is 4.68 Å². The number of nitrogens with zero attached hydrogens (tertiary/aromatic N) is 9. The number of aromatic nitrogens is 6. The Morgan fingerprint density at radius 3 is 2.54 bits per heavy atom. The van der Waals surface area contributed by atoms with Crippen molar-refractivity contribution in [2.24, 2.45) is 0 Å². The molecule has 0 radical (unpaired) electrons. The number of piperazine rings is 1. The Balaban J connectivity index is 0.773. The van der Waals surface area contributed by atoms with E-state index in [9.17, 15) is 9.59 Å². The predicted molar refractivity (Wildman–Crippen MR) is 203 cm³/mol. The molecule has 1 N–H and O–H groups in total. The third-order valence-electron chi connectivity index (χ3n) is 10.1. The molecule has 2 aliphatic heterocycles. The van der Waals surface area contributed by atoms with Crippen molar-refractivity contribution in [3.8, 4) is 22.0 Å². The second-order valence-corrected chi connectivity index (χ2v) is 14.8. The van der Waals surface area contributed by atoms with Crippen molar-refractivity contribution in [1.29, 1.82) is 0 Å². The lowest BCUT2D eigenvalue weighted by Gasteiger charge is -2.34. The van der Waals surface area contributed by atoms with Crippen LogP contribution in [0.1, 0.15) is 63.4 Å². The number of benzene rings is 2. The molecule has 4 aromatic heterocycles. The van der Waals surface area contributed by atoms with E-state index in [0.29, 0.717) is 48.4 Å². The van der Waals surface area contributed by atoms with Crippen LogP contribution in [0.2, 0.25) is 0 Å². The van der Waals surface area contributed by atoms with Crippen LogP contribution in [0.4, 0.5) is 5.69 Å². The molecule has 6 heterocycles. The van der Waals surface area contributed by atoms with Gasteiger partial charge in [0.15, 0.2) is 11.5 Å². The fourth-order valence-electron chi connectivity index (χ4n) is 7.04. The van der Waals surface area contributed by atoms with Crippen LogP contribution in [0.25, 0.3) is 22.0 Å². The first-order valence-electron chi connectivity index (χ1n) is 18.4. The maximum Gasteiger partial charge on any atom is 0.276 e. The highest BCUT2D eigenvalue weighted by Gasteiger charge is 2.27. The molecule has 2 saturated heterocycles. The number of hydrogen-bond donors (Lipinski definition) is 1. The number of carbonyl (C=O) groups excluding carboxylic acids is 2. The van der Waals surface area contributed by atoms with Crippen molar-refractivity contribution in [1.82, 2.24) is 45.0 Å². The second-order valence-electron chi connectivity index (χ2n) is 13.8. The number of anilines is 1. The van der Waals surface area contributed by atoms with Gasteiger partial charge in [0.25, 0.3) is 11.8 Å². The maximum absolute atomic E-state index is 13.3. The van der Waals surface area contributed by atoms with E-state index < -0.39 is 0 Å². The van der Waals surface area contributed by atoms with E-state index in [-0.39, 0.29) is 17.9 Å². The number of likely N-dealkylation sites (tertiary alicyclic amines) is 1. The molecule has 6 aromatic rings. The number of rotatable bonds is 12. The molecule has 54 heavy (non-hydrogen) atoms. The van der Waals surface area contributed by atoms with Crippen LogP contribution < -0.4 is 5.32 Å². The molecule has 2 fully saturated rings. The Bertz CT molecular complexity index is 2160. The van der Waals surface area contributed by atoms with Crippen LogP contribution >= 0.6 is 11.3 Å². The van der Waals surface area contributed by atoms with E-state index in [4.69, 9.17) is 9.05 Å². The summed E-state index contributed by atoms with van der Waals surface area (Å²) >= 11 is 1.60. The van der Waals surface area contributed by atoms with Crippen molar-refractivity contribution in [3.63, 3.8) is 0 Å². The number of thiophene rings is 1. The van der Waals surface area contributed by atoms with Gasteiger partial charge in [-0.3, -0.25) is 19.4 Å². The van der Waals surface area contributed by atoms with Crippen LogP contribution in [0, 0.1) is 6.92 Å². The average molecular weight is 747 g/mol. The Hall–Kier alpha value is -5.51. The summed E-state index contributed by atoms with van der Waals surface area (Å²) in [6.45, 7) is 8.04. The lowest BCUT2D eigenvalue weighted by atomic mass is 10.0. The molecule has 14 nitrogen and oxygen atoms in total. The normalized spacial score (nSPS) is 15.8. The summed E-state index contributed by atoms with van der Waals surface area (Å²) in [5.74, 6) is 1.75. The summed E-state index contributed by atoms with van der Waals surface area (Å²) in [5, 5.41) is 22.1. The van der Waals surface area contributed by atoms with E-state index in [2.05, 4.69) is 40.7 Å². The zero-order chi connectivity index (χ0) is 36.9. The largest absolute Gasteiger partial charge is 0.359 e. The molecule has 2 aliphatic rings. The first-order valence-corrected chi connectivity index (χ1v) is 19.3. The molecule has 0 saturated carbocycles. The minimum absolute atomic E-state index is 0.0881. The van der Waals surface area contributed by atoms with Crippen LogP contribution in [0.5, 0.6) is 0 Å². The van der Waals surface area contributed by atoms with E-state index in [1.807, 2.05) is 88.7 Å². The molecule has 8 rings (SSSR count). The van der Waals surface area contributed by atoms with Crippen molar-refractivity contribution >= 4 is 28.8 Å². The summed E-state index contributed by atoms with van der Waals surface area (Å²) in [6, 6.07) is 21.2. The minimum atomic E-state index is -0.157. The van der Waals surface area contributed by atoms with Crippen molar-refractivity contribution in [2.45, 2.75) is 45.2 Å². The first kappa shape index (κ1) is 35.5. The van der Waals surface area contributed by atoms with E-state index in [0.717, 1.165) is 85.8 Å². The van der Waals surface area contributed by atoms with Gasteiger partial charge in [-0.05, 0) is 67.9 Å². The molecule has 2 amide bonds. The summed E-state index contributed by atoms with van der Waals surface area (Å²) in [5.41, 5.74) is 4.19. The van der Waals surface area contributed by atoms with Gasteiger partial charge in [0.2, 0.25) is 11.7 Å². The quantitative estimate of drug-likeness (QED) is 0.161. The smallest absolute Gasteiger partial charge is 0.276 e. The van der Waals surface area contributed by atoms with E-state index >= 15 is 0 Å². The lowest BCUT2D eigenvalue weighted by Crippen LogP contribution is -2.49. The molecule has 0 spiro atoms. The summed E-state index contributed by atoms with van der Waals surface area (Å²) in [7, 11) is 0. The Kier molecular flexibility index (Phi) is 10.7. The van der Waals surface area contributed by atoms with Crippen molar-refractivity contribution in [2.75, 3.05) is 51.1 Å². The fourth-order valence-corrected chi connectivity index (χ4v) is 7.69. The van der Waals surface area contributed by atoms with Gasteiger partial charge in [0, 0.05) is 68.6 Å². The number of aryl methyl sites for hydroxylation is 2. The van der Waals surface area contributed by atoms with Gasteiger partial charge in [-0.2, -0.15) is 4.98 Å². The van der Waals surface area contributed by atoms with Gasteiger partial charge in [-0.1, -0.05) is 51.9 Å². The van der Waals surface area contributed by atoms with Gasteiger partial charge in [0.05, 0.1) is 23.7 Å². The second kappa shape index (κ2) is 16.2. The molecule has 15 heteroatoms. The number of para-hydroxylation sites is 1. The lowest BCUT2D eigenvalue weighted by molar-refractivity contribution is 0.0625. The number of amides is 2. The standard InChI is InChI=1S/C39H42N10O4S/c1-27-11-12-28(23-32(27)38(50)40-29-7-3-2-4-8-29)34-26-49(45-42-34)30-13-16-47(17-14-30)25-31-24-33(43-52-31)39(51)48-20-18-46(19-21-48)15-5-10-36-41-37(44-53-36)35-9-6-22-54-35/h2-4,6-9,11-12,22-24,26,30H,5,10,13-21,25H2,1H3,(H,40,50). The number of hydrogen-bond acceptors (Lipinski definition) is 12. The van der Waals surface area contributed by atoms with Gasteiger partial charge >= 0.3 is 0 Å². The fraction of sp³-hybridized carbons (Fsp3) is 0.359. The molecule has 0 bridgehead atoms. The highest BCUT2D eigenvalue weighted by atomic mass is 32.1. The highest BCUT2D eigenvalue weighted by molar-refractivity contribution is 7.13. The number of nitrogens with one attached hydrogen (secondary N) is 1. The monoisotopic (exact) mass is 746 g/mol. The Labute approximate surface area is 316 Å². The first-order chi connectivity index (χ1) is 26.4. The molecule has 0 unspecified atom stereocenters. The zero-order valence-electron chi connectivity index (χ0n) is 30.1. The molecule has 278 valence electrons. The van der Waals surface area contributed by atoms with Gasteiger partial charge in [-0.15, -0.1) is 16.4 Å².